The average molecular weight is 355 g/mol. The van der Waals surface area contributed by atoms with Crippen molar-refractivity contribution >= 4 is 11.9 Å². The summed E-state index contributed by atoms with van der Waals surface area (Å²) in [7, 11) is 0. The van der Waals surface area contributed by atoms with E-state index >= 15 is 0 Å². The Balaban J connectivity index is 2.15. The number of rotatable bonds is 5. The van der Waals surface area contributed by atoms with Crippen molar-refractivity contribution in [3.63, 3.8) is 0 Å². The smallest absolute Gasteiger partial charge is 0.416 e. The molecule has 0 unspecified atom stereocenters. The molecule has 8 heteroatoms. The number of carbonyl (C=O) groups is 2. The van der Waals surface area contributed by atoms with Gasteiger partial charge in [-0.1, -0.05) is 18.2 Å². The van der Waals surface area contributed by atoms with Gasteiger partial charge in [0.2, 0.25) is 0 Å². The highest BCUT2D eigenvalue weighted by atomic mass is 19.4. The molecule has 2 aromatic rings. The van der Waals surface area contributed by atoms with Gasteiger partial charge in [-0.05, 0) is 35.9 Å². The van der Waals surface area contributed by atoms with Crippen LogP contribution in [0.1, 0.15) is 21.5 Å². The number of benzene rings is 2. The van der Waals surface area contributed by atoms with Crippen LogP contribution in [0.2, 0.25) is 0 Å². The van der Waals surface area contributed by atoms with Gasteiger partial charge in [-0.3, -0.25) is 4.79 Å². The number of halogens is 4. The Hall–Kier alpha value is -2.90. The number of hydrogen-bond donors (Lipinski definition) is 2. The Bertz CT molecular complexity index is 772. The number of carboxylic acids is 1. The first-order valence-corrected chi connectivity index (χ1v) is 7.12. The van der Waals surface area contributed by atoms with Crippen molar-refractivity contribution < 1.29 is 32.3 Å². The Labute approximate surface area is 140 Å². The first kappa shape index (κ1) is 18.4. The summed E-state index contributed by atoms with van der Waals surface area (Å²) in [6, 6.07) is 7.21. The molecule has 0 aromatic heterocycles. The molecule has 0 heterocycles. The molecule has 0 bridgehead atoms. The van der Waals surface area contributed by atoms with Gasteiger partial charge >= 0.3 is 12.1 Å². The third kappa shape index (κ3) is 5.03. The van der Waals surface area contributed by atoms with Gasteiger partial charge in [0, 0.05) is 12.0 Å². The van der Waals surface area contributed by atoms with Crippen molar-refractivity contribution in [1.29, 1.82) is 0 Å². The molecule has 0 aliphatic heterocycles. The van der Waals surface area contributed by atoms with E-state index in [2.05, 4.69) is 5.32 Å². The van der Waals surface area contributed by atoms with Gasteiger partial charge in [0.05, 0.1) is 5.56 Å². The van der Waals surface area contributed by atoms with Gasteiger partial charge in [0.15, 0.2) is 0 Å². The zero-order chi connectivity index (χ0) is 18.6. The lowest BCUT2D eigenvalue weighted by Crippen LogP contribution is -2.42. The molecule has 1 atom stereocenters. The standard InChI is InChI=1S/C17H13F4NO3/c18-13-6-4-11(5-7-13)15(23)22-14(16(24)25)9-10-2-1-3-12(8-10)17(19,20)21/h1-8,14H,9H2,(H,22,23)(H,24,25)/t14-/m1/s1. The maximum absolute atomic E-state index is 12.8. The van der Waals surface area contributed by atoms with Crippen LogP contribution in [-0.4, -0.2) is 23.0 Å². The molecular formula is C17H13F4NO3. The topological polar surface area (TPSA) is 66.4 Å². The molecule has 132 valence electrons. The van der Waals surface area contributed by atoms with E-state index < -0.39 is 35.5 Å². The minimum Gasteiger partial charge on any atom is -0.480 e. The molecule has 2 aromatic carbocycles. The summed E-state index contributed by atoms with van der Waals surface area (Å²) in [5.74, 6) is -2.72. The molecule has 4 nitrogen and oxygen atoms in total. The van der Waals surface area contributed by atoms with Crippen molar-refractivity contribution in [2.75, 3.05) is 0 Å². The third-order valence-corrected chi connectivity index (χ3v) is 3.40. The molecule has 0 fully saturated rings. The summed E-state index contributed by atoms with van der Waals surface area (Å²) >= 11 is 0. The minimum absolute atomic E-state index is 0.0386. The zero-order valence-corrected chi connectivity index (χ0v) is 12.7. The van der Waals surface area contributed by atoms with Crippen LogP contribution in [0.5, 0.6) is 0 Å². The normalized spacial score (nSPS) is 12.5. The van der Waals surface area contributed by atoms with E-state index in [1.165, 1.54) is 24.3 Å². The molecule has 0 spiro atoms. The minimum atomic E-state index is -4.55. The molecule has 0 aliphatic rings. The number of carboxylic acid groups (broad SMARTS) is 1. The molecule has 25 heavy (non-hydrogen) atoms. The van der Waals surface area contributed by atoms with Crippen LogP contribution in [0.3, 0.4) is 0 Å². The maximum atomic E-state index is 12.8. The number of alkyl halides is 3. The third-order valence-electron chi connectivity index (χ3n) is 3.40. The van der Waals surface area contributed by atoms with Crippen molar-refractivity contribution in [2.24, 2.45) is 0 Å². The van der Waals surface area contributed by atoms with Crippen LogP contribution in [0.25, 0.3) is 0 Å². The number of aliphatic carboxylic acids is 1. The van der Waals surface area contributed by atoms with E-state index in [1.54, 1.807) is 0 Å². The lowest BCUT2D eigenvalue weighted by molar-refractivity contribution is -0.139. The second-order valence-electron chi connectivity index (χ2n) is 5.27. The Kier molecular flexibility index (Phi) is 5.41. The Morgan fingerprint density at radius 3 is 2.28 bits per heavy atom. The van der Waals surface area contributed by atoms with E-state index in [1.807, 2.05) is 0 Å². The van der Waals surface area contributed by atoms with Gasteiger partial charge in [0.1, 0.15) is 11.9 Å². The van der Waals surface area contributed by atoms with E-state index in [9.17, 15) is 32.3 Å². The van der Waals surface area contributed by atoms with E-state index in [0.717, 1.165) is 24.3 Å². The zero-order valence-electron chi connectivity index (χ0n) is 12.7. The van der Waals surface area contributed by atoms with E-state index in [0.29, 0.717) is 0 Å². The molecule has 0 aliphatic carbocycles. The largest absolute Gasteiger partial charge is 0.480 e. The summed E-state index contributed by atoms with van der Waals surface area (Å²) in [4.78, 5) is 23.3. The van der Waals surface area contributed by atoms with Crippen LogP contribution < -0.4 is 5.32 Å². The van der Waals surface area contributed by atoms with Gasteiger partial charge in [0.25, 0.3) is 5.91 Å². The lowest BCUT2D eigenvalue weighted by Gasteiger charge is -2.16. The van der Waals surface area contributed by atoms with Gasteiger partial charge in [-0.2, -0.15) is 13.2 Å². The molecule has 1 amide bonds. The van der Waals surface area contributed by atoms with Crippen molar-refractivity contribution in [3.8, 4) is 0 Å². The summed E-state index contributed by atoms with van der Waals surface area (Å²) in [6.45, 7) is 0. The average Bonchev–Trinajstić information content (AvgIpc) is 2.54. The van der Waals surface area contributed by atoms with Gasteiger partial charge in [-0.15, -0.1) is 0 Å². The predicted molar refractivity (Wildman–Crippen MR) is 80.4 cm³/mol. The second kappa shape index (κ2) is 7.33. The van der Waals surface area contributed by atoms with E-state index in [4.69, 9.17) is 0 Å². The highest BCUT2D eigenvalue weighted by Crippen LogP contribution is 2.29. The number of carbonyl (C=O) groups excluding carboxylic acids is 1. The summed E-state index contributed by atoms with van der Waals surface area (Å²) in [6.07, 6.45) is -4.88. The van der Waals surface area contributed by atoms with Gasteiger partial charge in [-0.25, -0.2) is 9.18 Å². The first-order valence-electron chi connectivity index (χ1n) is 7.12. The van der Waals surface area contributed by atoms with Crippen LogP contribution in [0, 0.1) is 5.82 Å². The summed E-state index contributed by atoms with van der Waals surface area (Å²) in [5.41, 5.74) is -0.752. The summed E-state index contributed by atoms with van der Waals surface area (Å²) < 4.78 is 51.0. The van der Waals surface area contributed by atoms with Crippen molar-refractivity contribution in [3.05, 3.63) is 71.0 Å². The highest BCUT2D eigenvalue weighted by Gasteiger charge is 2.31. The maximum Gasteiger partial charge on any atom is 0.416 e. The molecule has 2 rings (SSSR count). The number of amides is 1. The van der Waals surface area contributed by atoms with Crippen LogP contribution in [-0.2, 0) is 17.4 Å². The number of hydrogen-bond acceptors (Lipinski definition) is 2. The predicted octanol–water partition coefficient (Wildman–Crippen LogP) is 3.27. The Morgan fingerprint density at radius 1 is 1.08 bits per heavy atom. The van der Waals surface area contributed by atoms with Crippen LogP contribution >= 0.6 is 0 Å². The van der Waals surface area contributed by atoms with Crippen molar-refractivity contribution in [1.82, 2.24) is 5.32 Å². The first-order chi connectivity index (χ1) is 11.7. The van der Waals surface area contributed by atoms with E-state index in [-0.39, 0.29) is 17.5 Å². The Morgan fingerprint density at radius 2 is 1.72 bits per heavy atom. The van der Waals surface area contributed by atoms with Gasteiger partial charge < -0.3 is 10.4 Å². The second-order valence-corrected chi connectivity index (χ2v) is 5.27. The quantitative estimate of drug-likeness (QED) is 0.809. The monoisotopic (exact) mass is 355 g/mol. The molecule has 2 N–H and O–H groups in total. The van der Waals surface area contributed by atoms with Crippen molar-refractivity contribution in [2.45, 2.75) is 18.6 Å². The fraction of sp³-hybridized carbons (Fsp3) is 0.176. The number of nitrogens with one attached hydrogen (secondary N) is 1. The molecule has 0 radical (unpaired) electrons. The fourth-order valence-corrected chi connectivity index (χ4v) is 2.15. The van der Waals surface area contributed by atoms with Crippen LogP contribution in [0.15, 0.2) is 48.5 Å². The highest BCUT2D eigenvalue weighted by molar-refractivity contribution is 5.96. The fourth-order valence-electron chi connectivity index (χ4n) is 2.15. The molecular weight excluding hydrogens is 342 g/mol. The SMILES string of the molecule is O=C(N[C@H](Cc1cccc(C(F)(F)F)c1)C(=O)O)c1ccc(F)cc1. The lowest BCUT2D eigenvalue weighted by atomic mass is 10.0. The molecule has 0 saturated heterocycles. The molecule has 0 saturated carbocycles. The van der Waals surface area contributed by atoms with Crippen LogP contribution in [0.4, 0.5) is 17.6 Å². The summed E-state index contributed by atoms with van der Waals surface area (Å²) in [5, 5.41) is 11.4.